The molecule has 0 bridgehead atoms. The Kier molecular flexibility index (Phi) is 3.06. The van der Waals surface area contributed by atoms with Crippen molar-refractivity contribution >= 4 is 30.1 Å². The molecular formula is C7H10ClN3OS. The molecule has 6 heteroatoms. The van der Waals surface area contributed by atoms with Crippen molar-refractivity contribution in [1.82, 2.24) is 4.90 Å². The SMILES string of the molecule is Cl.N#C[C@@H]1CSC2C[C@@H](N)C(=O)N21. The summed E-state index contributed by atoms with van der Waals surface area (Å²) in [6, 6.07) is 1.49. The lowest BCUT2D eigenvalue weighted by atomic mass is 10.3. The summed E-state index contributed by atoms with van der Waals surface area (Å²) in [6.45, 7) is 0. The van der Waals surface area contributed by atoms with Gasteiger partial charge in [0, 0.05) is 12.2 Å². The fourth-order valence-electron chi connectivity index (χ4n) is 1.65. The summed E-state index contributed by atoms with van der Waals surface area (Å²) in [5, 5.41) is 8.88. The zero-order chi connectivity index (χ0) is 8.72. The Hall–Kier alpha value is -0.440. The lowest BCUT2D eigenvalue weighted by Gasteiger charge is -2.17. The highest BCUT2D eigenvalue weighted by atomic mass is 35.5. The zero-order valence-electron chi connectivity index (χ0n) is 6.84. The largest absolute Gasteiger partial charge is 0.320 e. The third-order valence-electron chi connectivity index (χ3n) is 2.27. The number of carbonyl (C=O) groups is 1. The molecule has 3 atom stereocenters. The van der Waals surface area contributed by atoms with Crippen LogP contribution in [0.25, 0.3) is 0 Å². The average molecular weight is 220 g/mol. The van der Waals surface area contributed by atoms with Gasteiger partial charge in [0.25, 0.3) is 0 Å². The van der Waals surface area contributed by atoms with Crippen molar-refractivity contribution in [3.05, 3.63) is 0 Å². The number of thioether (sulfide) groups is 1. The van der Waals surface area contributed by atoms with E-state index in [1.807, 2.05) is 0 Å². The van der Waals surface area contributed by atoms with Crippen LogP contribution in [0.15, 0.2) is 0 Å². The smallest absolute Gasteiger partial charge is 0.241 e. The van der Waals surface area contributed by atoms with Crippen LogP contribution in [0.5, 0.6) is 0 Å². The molecule has 0 saturated carbocycles. The fourth-order valence-corrected chi connectivity index (χ4v) is 3.04. The molecule has 4 nitrogen and oxygen atoms in total. The van der Waals surface area contributed by atoms with Crippen molar-refractivity contribution in [2.75, 3.05) is 5.75 Å². The van der Waals surface area contributed by atoms with E-state index in [0.29, 0.717) is 6.42 Å². The monoisotopic (exact) mass is 219 g/mol. The topological polar surface area (TPSA) is 70.1 Å². The van der Waals surface area contributed by atoms with Gasteiger partial charge < -0.3 is 10.6 Å². The lowest BCUT2D eigenvalue weighted by Crippen LogP contribution is -2.39. The van der Waals surface area contributed by atoms with Gasteiger partial charge in [-0.05, 0) is 0 Å². The van der Waals surface area contributed by atoms with Crippen molar-refractivity contribution in [2.45, 2.75) is 23.9 Å². The van der Waals surface area contributed by atoms with Gasteiger partial charge in [0.05, 0.1) is 17.5 Å². The fraction of sp³-hybridized carbons (Fsp3) is 0.714. The van der Waals surface area contributed by atoms with E-state index < -0.39 is 0 Å². The molecule has 1 amide bonds. The molecule has 13 heavy (non-hydrogen) atoms. The predicted molar refractivity (Wildman–Crippen MR) is 52.3 cm³/mol. The maximum atomic E-state index is 11.4. The van der Waals surface area contributed by atoms with Crippen molar-refractivity contribution in [3.63, 3.8) is 0 Å². The summed E-state index contributed by atoms with van der Waals surface area (Å²) >= 11 is 1.66. The Morgan fingerprint density at radius 2 is 2.38 bits per heavy atom. The number of hydrogen-bond acceptors (Lipinski definition) is 4. The minimum absolute atomic E-state index is 0. The quantitative estimate of drug-likeness (QED) is 0.620. The molecule has 2 rings (SSSR count). The van der Waals surface area contributed by atoms with Crippen LogP contribution in [0.1, 0.15) is 6.42 Å². The predicted octanol–water partition coefficient (Wildman–Crippen LogP) is -0.0671. The Morgan fingerprint density at radius 1 is 1.69 bits per heavy atom. The second kappa shape index (κ2) is 3.74. The van der Waals surface area contributed by atoms with Crippen molar-refractivity contribution in [1.29, 1.82) is 5.26 Å². The number of amides is 1. The number of nitrogens with zero attached hydrogens (tertiary/aromatic N) is 2. The number of nitrogens with two attached hydrogens (primary N) is 1. The molecule has 72 valence electrons. The number of nitriles is 1. The molecule has 2 aliphatic heterocycles. The van der Waals surface area contributed by atoms with Gasteiger partial charge in [-0.25, -0.2) is 0 Å². The second-order valence-electron chi connectivity index (χ2n) is 3.02. The third-order valence-corrected chi connectivity index (χ3v) is 3.58. The van der Waals surface area contributed by atoms with Crippen LogP contribution in [0.3, 0.4) is 0 Å². The number of fused-ring (bicyclic) bond motifs is 1. The third kappa shape index (κ3) is 1.50. The van der Waals surface area contributed by atoms with Crippen LogP contribution in [0, 0.1) is 11.3 Å². The van der Waals surface area contributed by atoms with Gasteiger partial charge >= 0.3 is 0 Å². The highest BCUT2D eigenvalue weighted by Gasteiger charge is 2.46. The van der Waals surface area contributed by atoms with E-state index in [2.05, 4.69) is 6.07 Å². The molecular weight excluding hydrogens is 210 g/mol. The van der Waals surface area contributed by atoms with Gasteiger partial charge in [-0.2, -0.15) is 5.26 Å². The summed E-state index contributed by atoms with van der Waals surface area (Å²) in [6.07, 6.45) is 0.696. The molecule has 0 radical (unpaired) electrons. The second-order valence-corrected chi connectivity index (χ2v) is 4.23. The van der Waals surface area contributed by atoms with Crippen LogP contribution in [-0.2, 0) is 4.79 Å². The minimum Gasteiger partial charge on any atom is -0.320 e. The van der Waals surface area contributed by atoms with Crippen LogP contribution < -0.4 is 5.73 Å². The molecule has 0 aromatic heterocycles. The van der Waals surface area contributed by atoms with Crippen LogP contribution >= 0.6 is 24.2 Å². The first-order chi connectivity index (χ1) is 5.74. The number of halogens is 1. The Morgan fingerprint density at radius 3 is 3.00 bits per heavy atom. The molecule has 0 aliphatic carbocycles. The van der Waals surface area contributed by atoms with Gasteiger partial charge in [-0.3, -0.25) is 4.79 Å². The van der Waals surface area contributed by atoms with Gasteiger partial charge in [0.15, 0.2) is 0 Å². The molecule has 2 saturated heterocycles. The average Bonchev–Trinajstić information content (AvgIpc) is 2.55. The van der Waals surface area contributed by atoms with Gasteiger partial charge in [0.2, 0.25) is 5.91 Å². The molecule has 0 spiro atoms. The van der Waals surface area contributed by atoms with E-state index in [9.17, 15) is 4.79 Å². The number of rotatable bonds is 0. The highest BCUT2D eigenvalue weighted by molar-refractivity contribution is 8.00. The minimum atomic E-state index is -0.376. The zero-order valence-corrected chi connectivity index (χ0v) is 8.48. The van der Waals surface area contributed by atoms with E-state index in [0.717, 1.165) is 5.75 Å². The van der Waals surface area contributed by atoms with Crippen molar-refractivity contribution < 1.29 is 4.79 Å². The Bertz CT molecular complexity index is 267. The summed E-state index contributed by atoms with van der Waals surface area (Å²) in [7, 11) is 0. The lowest BCUT2D eigenvalue weighted by molar-refractivity contribution is -0.129. The van der Waals surface area contributed by atoms with Crippen LogP contribution in [-0.4, -0.2) is 34.0 Å². The van der Waals surface area contributed by atoms with E-state index in [4.69, 9.17) is 11.0 Å². The Labute approximate surface area is 86.8 Å². The standard InChI is InChI=1S/C7H9N3OS.ClH/c8-2-4-3-12-6-1-5(9)7(11)10(4)6;/h4-6H,1,3,9H2;1H/t4-,5-,6?;/m1./s1. The first-order valence-corrected chi connectivity index (χ1v) is 4.88. The van der Waals surface area contributed by atoms with Crippen molar-refractivity contribution in [3.8, 4) is 6.07 Å². The van der Waals surface area contributed by atoms with Crippen LogP contribution in [0.2, 0.25) is 0 Å². The first-order valence-electron chi connectivity index (χ1n) is 3.83. The summed E-state index contributed by atoms with van der Waals surface area (Å²) in [5.74, 6) is 0.677. The van der Waals surface area contributed by atoms with Gasteiger partial charge in [0.1, 0.15) is 6.04 Å². The first kappa shape index (κ1) is 10.6. The van der Waals surface area contributed by atoms with E-state index in [1.165, 1.54) is 0 Å². The van der Waals surface area contributed by atoms with E-state index in [-0.39, 0.29) is 35.8 Å². The molecule has 1 unspecified atom stereocenters. The Balaban J connectivity index is 0.000000845. The summed E-state index contributed by atoms with van der Waals surface area (Å²) < 4.78 is 0. The molecule has 2 aliphatic rings. The molecule has 2 N–H and O–H groups in total. The molecule has 0 aromatic rings. The van der Waals surface area contributed by atoms with E-state index in [1.54, 1.807) is 16.7 Å². The maximum Gasteiger partial charge on any atom is 0.241 e. The van der Waals surface area contributed by atoms with Gasteiger partial charge in [-0.15, -0.1) is 24.2 Å². The van der Waals surface area contributed by atoms with Crippen molar-refractivity contribution in [2.24, 2.45) is 5.73 Å². The molecule has 2 heterocycles. The molecule has 2 fully saturated rings. The highest BCUT2D eigenvalue weighted by Crippen LogP contribution is 2.36. The normalized spacial score (nSPS) is 36.8. The summed E-state index contributed by atoms with van der Waals surface area (Å²) in [4.78, 5) is 13.0. The molecule has 0 aromatic carbocycles. The van der Waals surface area contributed by atoms with Crippen LogP contribution in [0.4, 0.5) is 0 Å². The number of hydrogen-bond donors (Lipinski definition) is 1. The maximum absolute atomic E-state index is 11.4. The van der Waals surface area contributed by atoms with E-state index >= 15 is 0 Å². The summed E-state index contributed by atoms with van der Waals surface area (Å²) in [5.41, 5.74) is 5.57. The number of carbonyl (C=O) groups excluding carboxylic acids is 1. The van der Waals surface area contributed by atoms with Gasteiger partial charge in [-0.1, -0.05) is 0 Å².